The Kier molecular flexibility index (Phi) is 5.67. The van der Waals surface area contributed by atoms with Crippen LogP contribution in [0, 0.1) is 0 Å². The smallest absolute Gasteiger partial charge is 0.134 e. The van der Waals surface area contributed by atoms with Gasteiger partial charge in [-0.25, -0.2) is 0 Å². The summed E-state index contributed by atoms with van der Waals surface area (Å²) in [6.07, 6.45) is 0. The third-order valence-corrected chi connectivity index (χ3v) is 11.4. The van der Waals surface area contributed by atoms with E-state index in [0.717, 1.165) is 67.7 Å². The second-order valence-corrected chi connectivity index (χ2v) is 14.0. The van der Waals surface area contributed by atoms with Crippen LogP contribution in [0.4, 0.5) is 0 Å². The fraction of sp³-hybridized carbons (Fsp3) is 0.0204. The summed E-state index contributed by atoms with van der Waals surface area (Å²) in [6.45, 7) is 0. The molecule has 4 nitrogen and oxygen atoms in total. The van der Waals surface area contributed by atoms with Gasteiger partial charge in [0.2, 0.25) is 0 Å². The lowest BCUT2D eigenvalue weighted by Crippen LogP contribution is -2.38. The van der Waals surface area contributed by atoms with Gasteiger partial charge in [0.1, 0.15) is 23.0 Å². The van der Waals surface area contributed by atoms with E-state index in [1.165, 1.54) is 32.6 Å². The van der Waals surface area contributed by atoms with Crippen LogP contribution in [-0.2, 0) is 5.41 Å². The summed E-state index contributed by atoms with van der Waals surface area (Å²) < 4.78 is 18.7. The molecule has 0 saturated carbocycles. The monoisotopic (exact) mass is 678 g/mol. The van der Waals surface area contributed by atoms with Crippen molar-refractivity contribution in [2.75, 3.05) is 0 Å². The summed E-state index contributed by atoms with van der Waals surface area (Å²) in [4.78, 5) is 0. The first-order chi connectivity index (χ1) is 26.3. The van der Waals surface area contributed by atoms with Crippen LogP contribution in [0.15, 0.2) is 182 Å². The van der Waals surface area contributed by atoms with Crippen molar-refractivity contribution in [1.82, 2.24) is 9.13 Å². The Morgan fingerprint density at radius 1 is 0.340 bits per heavy atom. The second kappa shape index (κ2) is 10.5. The maximum absolute atomic E-state index is 7.08. The summed E-state index contributed by atoms with van der Waals surface area (Å²) in [5, 5.41) is 4.89. The van der Waals surface area contributed by atoms with Gasteiger partial charge in [0.25, 0.3) is 0 Å². The zero-order chi connectivity index (χ0) is 34.7. The Hall–Kier alpha value is -7.04. The van der Waals surface area contributed by atoms with E-state index in [1.807, 2.05) is 0 Å². The number of rotatable bonds is 2. The van der Waals surface area contributed by atoms with E-state index in [4.69, 9.17) is 9.47 Å². The molecule has 8 aromatic carbocycles. The van der Waals surface area contributed by atoms with Crippen LogP contribution in [0.25, 0.3) is 55.0 Å². The number of ether oxygens (including phenoxy) is 2. The van der Waals surface area contributed by atoms with Crippen molar-refractivity contribution in [3.8, 4) is 34.4 Å². The van der Waals surface area contributed by atoms with Crippen molar-refractivity contribution in [3.63, 3.8) is 0 Å². The Morgan fingerprint density at radius 3 is 1.34 bits per heavy atom. The molecule has 4 heteroatoms. The third-order valence-electron chi connectivity index (χ3n) is 11.4. The Bertz CT molecular complexity index is 2990. The van der Waals surface area contributed by atoms with E-state index >= 15 is 0 Å². The van der Waals surface area contributed by atoms with E-state index in [9.17, 15) is 0 Å². The van der Waals surface area contributed by atoms with E-state index < -0.39 is 5.41 Å². The van der Waals surface area contributed by atoms with Crippen molar-refractivity contribution >= 4 is 43.6 Å². The molecule has 2 aromatic heterocycles. The van der Waals surface area contributed by atoms with Crippen molar-refractivity contribution in [3.05, 3.63) is 204 Å². The van der Waals surface area contributed by atoms with Crippen LogP contribution in [0.5, 0.6) is 23.0 Å². The molecule has 2 aliphatic rings. The van der Waals surface area contributed by atoms with Crippen molar-refractivity contribution in [2.24, 2.45) is 0 Å². The standard InChI is InChI=1S/C49H30N2O2/c1-7-20-39-32(14-1)33-15-2-8-21-40(33)50(39)31-28-29-46-38(30-31)49(36-18-5-11-25-44(36)52-45-26-12-6-19-37(45)49)48-43(24-13-27-47(48)53-46)51-41-22-9-3-16-34(41)35-17-4-10-23-42(35)51/h1-30H. The summed E-state index contributed by atoms with van der Waals surface area (Å²) in [7, 11) is 0. The van der Waals surface area contributed by atoms with Crippen LogP contribution in [0.2, 0.25) is 0 Å². The lowest BCUT2D eigenvalue weighted by Gasteiger charge is -2.45. The van der Waals surface area contributed by atoms with Gasteiger partial charge in [-0.1, -0.05) is 115 Å². The Labute approximate surface area is 305 Å². The number of para-hydroxylation sites is 6. The number of fused-ring (bicyclic) bond motifs is 14. The summed E-state index contributed by atoms with van der Waals surface area (Å²) in [5.41, 5.74) is 10.3. The number of aromatic nitrogens is 2. The van der Waals surface area contributed by atoms with Crippen LogP contribution < -0.4 is 9.47 Å². The summed E-state index contributed by atoms with van der Waals surface area (Å²) >= 11 is 0. The highest BCUT2D eigenvalue weighted by Gasteiger charge is 2.52. The van der Waals surface area contributed by atoms with Crippen LogP contribution in [0.1, 0.15) is 22.3 Å². The zero-order valence-corrected chi connectivity index (χ0v) is 28.5. The van der Waals surface area contributed by atoms with E-state index in [2.05, 4.69) is 191 Å². The number of hydrogen-bond donors (Lipinski definition) is 0. The average Bonchev–Trinajstić information content (AvgIpc) is 3.74. The van der Waals surface area contributed by atoms with Gasteiger partial charge >= 0.3 is 0 Å². The molecule has 0 radical (unpaired) electrons. The lowest BCUT2D eigenvalue weighted by atomic mass is 9.61. The predicted molar refractivity (Wildman–Crippen MR) is 214 cm³/mol. The molecule has 0 unspecified atom stereocenters. The van der Waals surface area contributed by atoms with Gasteiger partial charge in [-0.05, 0) is 66.7 Å². The lowest BCUT2D eigenvalue weighted by molar-refractivity contribution is 0.399. The van der Waals surface area contributed by atoms with E-state index in [-0.39, 0.29) is 0 Å². The molecular formula is C49H30N2O2. The highest BCUT2D eigenvalue weighted by Crippen LogP contribution is 2.63. The molecule has 0 saturated heterocycles. The molecule has 10 aromatic rings. The molecule has 1 spiro atoms. The molecule has 0 N–H and O–H groups in total. The van der Waals surface area contributed by atoms with Crippen LogP contribution in [-0.4, -0.2) is 9.13 Å². The SMILES string of the molecule is c1ccc2c(c1)Oc1ccccc1C21c2cc(-n3c4ccccc4c4ccccc43)ccc2Oc2cccc(-n3c4ccccc4c4ccccc43)c21. The van der Waals surface area contributed by atoms with Crippen LogP contribution in [0.3, 0.4) is 0 Å². The van der Waals surface area contributed by atoms with E-state index in [0.29, 0.717) is 0 Å². The summed E-state index contributed by atoms with van der Waals surface area (Å²) in [5.74, 6) is 3.33. The fourth-order valence-corrected chi connectivity index (χ4v) is 9.40. The average molecular weight is 679 g/mol. The second-order valence-electron chi connectivity index (χ2n) is 14.0. The predicted octanol–water partition coefficient (Wildman–Crippen LogP) is 12.5. The molecule has 0 aliphatic carbocycles. The topological polar surface area (TPSA) is 28.3 Å². The van der Waals surface area contributed by atoms with Gasteiger partial charge < -0.3 is 18.6 Å². The highest BCUT2D eigenvalue weighted by molar-refractivity contribution is 6.10. The highest BCUT2D eigenvalue weighted by atomic mass is 16.5. The van der Waals surface area contributed by atoms with Gasteiger partial charge in [0.05, 0.1) is 33.2 Å². The van der Waals surface area contributed by atoms with E-state index in [1.54, 1.807) is 0 Å². The minimum atomic E-state index is -0.799. The van der Waals surface area contributed by atoms with Crippen molar-refractivity contribution in [1.29, 1.82) is 0 Å². The first-order valence-corrected chi connectivity index (χ1v) is 18.1. The maximum atomic E-state index is 7.08. The van der Waals surface area contributed by atoms with Gasteiger partial charge in [-0.3, -0.25) is 0 Å². The van der Waals surface area contributed by atoms with Gasteiger partial charge in [-0.2, -0.15) is 0 Å². The van der Waals surface area contributed by atoms with Gasteiger partial charge in [0, 0.05) is 49.5 Å². The Morgan fingerprint density at radius 2 is 0.774 bits per heavy atom. The minimum Gasteiger partial charge on any atom is -0.457 e. The third kappa shape index (κ3) is 3.69. The summed E-state index contributed by atoms with van der Waals surface area (Å²) in [6, 6.07) is 65.1. The Balaban J connectivity index is 1.26. The molecule has 53 heavy (non-hydrogen) atoms. The number of benzene rings is 8. The molecular weight excluding hydrogens is 649 g/mol. The molecule has 0 atom stereocenters. The van der Waals surface area contributed by atoms with Gasteiger partial charge in [-0.15, -0.1) is 0 Å². The van der Waals surface area contributed by atoms with Gasteiger partial charge in [0.15, 0.2) is 0 Å². The normalized spacial score (nSPS) is 13.7. The quantitative estimate of drug-likeness (QED) is 0.182. The first-order valence-electron chi connectivity index (χ1n) is 18.1. The largest absolute Gasteiger partial charge is 0.457 e. The number of hydrogen-bond acceptors (Lipinski definition) is 2. The zero-order valence-electron chi connectivity index (χ0n) is 28.5. The molecule has 0 amide bonds. The minimum absolute atomic E-state index is 0.799. The molecule has 2 aliphatic heterocycles. The van der Waals surface area contributed by atoms with Crippen LogP contribution >= 0.6 is 0 Å². The molecule has 12 rings (SSSR count). The molecule has 0 fully saturated rings. The first kappa shape index (κ1) is 28.6. The van der Waals surface area contributed by atoms with Crippen molar-refractivity contribution in [2.45, 2.75) is 5.41 Å². The molecule has 0 bridgehead atoms. The molecule has 248 valence electrons. The maximum Gasteiger partial charge on any atom is 0.134 e. The fourth-order valence-electron chi connectivity index (χ4n) is 9.40. The molecule has 4 heterocycles. The number of nitrogens with zero attached hydrogens (tertiary/aromatic N) is 2. The van der Waals surface area contributed by atoms with Crippen molar-refractivity contribution < 1.29 is 9.47 Å².